The molecule has 0 aliphatic rings. The minimum Gasteiger partial charge on any atom is -0.298 e. The number of carbonyl (C=O) groups excluding carboxylic acids is 1. The van der Waals surface area contributed by atoms with Crippen molar-refractivity contribution in [2.24, 2.45) is 0 Å². The van der Waals surface area contributed by atoms with Crippen molar-refractivity contribution in [1.82, 2.24) is 15.4 Å². The summed E-state index contributed by atoms with van der Waals surface area (Å²) in [7, 11) is 0. The summed E-state index contributed by atoms with van der Waals surface area (Å²) in [6.45, 7) is 1.97. The van der Waals surface area contributed by atoms with Crippen LogP contribution in [0.15, 0.2) is 60.9 Å². The zero-order valence-electron chi connectivity index (χ0n) is 13.8. The second kappa shape index (κ2) is 7.39. The fourth-order valence-corrected chi connectivity index (χ4v) is 2.19. The lowest BCUT2D eigenvalue weighted by atomic mass is 10.2. The lowest BCUT2D eigenvalue weighted by Crippen LogP contribution is -2.29. The van der Waals surface area contributed by atoms with Gasteiger partial charge in [0, 0.05) is 30.1 Å². The molecule has 26 heavy (non-hydrogen) atoms. The molecule has 130 valence electrons. The van der Waals surface area contributed by atoms with E-state index in [9.17, 15) is 14.9 Å². The minimum atomic E-state index is -0.484. The molecule has 0 aliphatic heterocycles. The molecule has 0 fully saturated rings. The molecule has 1 aromatic heterocycles. The van der Waals surface area contributed by atoms with Crippen LogP contribution in [0.3, 0.4) is 0 Å². The van der Waals surface area contributed by atoms with Crippen LogP contribution in [-0.4, -0.2) is 20.8 Å². The number of nitro benzene ring substituents is 1. The van der Waals surface area contributed by atoms with E-state index in [0.29, 0.717) is 11.4 Å². The van der Waals surface area contributed by atoms with Crippen LogP contribution in [0.2, 0.25) is 0 Å². The fraction of sp³-hybridized carbons (Fsp3) is 0.0556. The molecule has 0 atom stereocenters. The number of hydrogen-bond donors (Lipinski definition) is 2. The molecule has 3 rings (SSSR count). The van der Waals surface area contributed by atoms with Gasteiger partial charge in [0.25, 0.3) is 11.6 Å². The molecule has 0 unspecified atom stereocenters. The van der Waals surface area contributed by atoms with Gasteiger partial charge in [-0.05, 0) is 19.1 Å². The van der Waals surface area contributed by atoms with Crippen LogP contribution in [0.5, 0.6) is 0 Å². The molecule has 1 amide bonds. The minimum absolute atomic E-state index is 0.0461. The molecule has 8 nitrogen and oxygen atoms in total. The summed E-state index contributed by atoms with van der Waals surface area (Å²) in [5.74, 6) is -0.0899. The van der Waals surface area contributed by atoms with Gasteiger partial charge in [0.2, 0.25) is 0 Å². The van der Waals surface area contributed by atoms with Gasteiger partial charge in [0.15, 0.2) is 5.82 Å². The molecule has 3 aromatic rings. The van der Waals surface area contributed by atoms with Gasteiger partial charge in [-0.1, -0.05) is 29.8 Å². The van der Waals surface area contributed by atoms with Crippen LogP contribution in [0.25, 0.3) is 11.4 Å². The number of nitro groups is 1. The number of hydrazine groups is 1. The number of benzene rings is 2. The number of carbonyl (C=O) groups is 1. The number of nitrogens with one attached hydrogen (secondary N) is 2. The molecule has 0 saturated heterocycles. The van der Waals surface area contributed by atoms with E-state index in [-0.39, 0.29) is 11.3 Å². The zero-order valence-corrected chi connectivity index (χ0v) is 13.8. The van der Waals surface area contributed by atoms with Gasteiger partial charge in [0.1, 0.15) is 0 Å². The summed E-state index contributed by atoms with van der Waals surface area (Å²) < 4.78 is 0. The number of non-ortho nitro benzene ring substituents is 1. The van der Waals surface area contributed by atoms with E-state index < -0.39 is 10.8 Å². The number of aromatic nitrogens is 2. The second-order valence-corrected chi connectivity index (χ2v) is 5.55. The number of nitrogens with zero attached hydrogens (tertiary/aromatic N) is 3. The van der Waals surface area contributed by atoms with E-state index in [1.54, 1.807) is 12.1 Å². The number of aryl methyl sites for hydroxylation is 1. The van der Waals surface area contributed by atoms with E-state index in [1.165, 1.54) is 24.5 Å². The van der Waals surface area contributed by atoms with Crippen molar-refractivity contribution >= 4 is 17.3 Å². The Bertz CT molecular complexity index is 940. The maximum atomic E-state index is 12.1. The Morgan fingerprint density at radius 2 is 1.77 bits per heavy atom. The highest BCUT2D eigenvalue weighted by molar-refractivity contribution is 5.94. The van der Waals surface area contributed by atoms with Crippen LogP contribution in [0.1, 0.15) is 15.9 Å². The third-order valence-corrected chi connectivity index (χ3v) is 3.60. The first-order valence-corrected chi connectivity index (χ1v) is 7.73. The third kappa shape index (κ3) is 3.99. The van der Waals surface area contributed by atoms with Gasteiger partial charge >= 0.3 is 0 Å². The van der Waals surface area contributed by atoms with Crippen LogP contribution in [0.4, 0.5) is 11.4 Å². The number of anilines is 1. The van der Waals surface area contributed by atoms with Gasteiger partial charge in [-0.25, -0.2) is 9.97 Å². The van der Waals surface area contributed by atoms with Crippen molar-refractivity contribution in [3.63, 3.8) is 0 Å². The van der Waals surface area contributed by atoms with Gasteiger partial charge in [-0.15, -0.1) is 0 Å². The summed E-state index contributed by atoms with van der Waals surface area (Å²) in [6.07, 6.45) is 2.74. The third-order valence-electron chi connectivity index (χ3n) is 3.60. The van der Waals surface area contributed by atoms with E-state index in [2.05, 4.69) is 20.8 Å². The molecule has 0 spiro atoms. The molecule has 0 bridgehead atoms. The Hall–Kier alpha value is -3.81. The van der Waals surface area contributed by atoms with Crippen LogP contribution >= 0.6 is 0 Å². The first-order chi connectivity index (χ1) is 12.5. The molecule has 0 radical (unpaired) electrons. The Balaban J connectivity index is 1.68. The maximum absolute atomic E-state index is 12.1. The van der Waals surface area contributed by atoms with Gasteiger partial charge < -0.3 is 0 Å². The predicted molar refractivity (Wildman–Crippen MR) is 96.4 cm³/mol. The molecule has 0 aliphatic carbocycles. The molecule has 2 aromatic carbocycles. The lowest BCUT2D eigenvalue weighted by molar-refractivity contribution is -0.384. The highest BCUT2D eigenvalue weighted by atomic mass is 16.6. The Labute approximate surface area is 149 Å². The largest absolute Gasteiger partial charge is 0.298 e. The average Bonchev–Trinajstić information content (AvgIpc) is 2.67. The van der Waals surface area contributed by atoms with Crippen LogP contribution in [-0.2, 0) is 0 Å². The SMILES string of the molecule is Cc1ccc(NNC(=O)c2cnc(-c3cccc([N+](=O)[O-])c3)nc2)cc1. The molecule has 1 heterocycles. The van der Waals surface area contributed by atoms with Crippen molar-refractivity contribution < 1.29 is 9.72 Å². The van der Waals surface area contributed by atoms with E-state index in [4.69, 9.17) is 0 Å². The first-order valence-electron chi connectivity index (χ1n) is 7.73. The van der Waals surface area contributed by atoms with E-state index in [1.807, 2.05) is 31.2 Å². The summed E-state index contributed by atoms with van der Waals surface area (Å²) in [4.78, 5) is 30.7. The normalized spacial score (nSPS) is 10.2. The smallest absolute Gasteiger partial charge is 0.272 e. The molecular formula is C18H15N5O3. The standard InChI is InChI=1S/C18H15N5O3/c1-12-5-7-15(8-6-12)21-22-18(24)14-10-19-17(20-11-14)13-3-2-4-16(9-13)23(25)26/h2-11,21H,1H3,(H,22,24). The number of hydrogen-bond acceptors (Lipinski definition) is 6. The summed E-state index contributed by atoms with van der Waals surface area (Å²) in [5.41, 5.74) is 7.95. The quantitative estimate of drug-likeness (QED) is 0.541. The predicted octanol–water partition coefficient (Wildman–Crippen LogP) is 3.12. The fourth-order valence-electron chi connectivity index (χ4n) is 2.19. The Morgan fingerprint density at radius 1 is 1.08 bits per heavy atom. The summed E-state index contributed by atoms with van der Waals surface area (Å²) >= 11 is 0. The molecule has 2 N–H and O–H groups in total. The second-order valence-electron chi connectivity index (χ2n) is 5.55. The van der Waals surface area contributed by atoms with Crippen molar-refractivity contribution in [2.45, 2.75) is 6.92 Å². The average molecular weight is 349 g/mol. The number of amides is 1. The Morgan fingerprint density at radius 3 is 2.42 bits per heavy atom. The van der Waals surface area contributed by atoms with Gasteiger partial charge in [-0.3, -0.25) is 25.8 Å². The summed E-state index contributed by atoms with van der Waals surface area (Å²) in [6, 6.07) is 13.5. The van der Waals surface area contributed by atoms with E-state index >= 15 is 0 Å². The summed E-state index contributed by atoms with van der Waals surface area (Å²) in [5, 5.41) is 10.8. The molecule has 8 heteroatoms. The number of rotatable bonds is 5. The monoisotopic (exact) mass is 349 g/mol. The van der Waals surface area contributed by atoms with E-state index in [0.717, 1.165) is 11.3 Å². The Kier molecular flexibility index (Phi) is 4.84. The van der Waals surface area contributed by atoms with Crippen LogP contribution in [0, 0.1) is 17.0 Å². The van der Waals surface area contributed by atoms with Gasteiger partial charge in [0.05, 0.1) is 16.2 Å². The van der Waals surface area contributed by atoms with Crippen molar-refractivity contribution in [3.05, 3.63) is 82.2 Å². The van der Waals surface area contributed by atoms with Crippen molar-refractivity contribution in [3.8, 4) is 11.4 Å². The molecular weight excluding hydrogens is 334 g/mol. The topological polar surface area (TPSA) is 110 Å². The van der Waals surface area contributed by atoms with Crippen molar-refractivity contribution in [1.29, 1.82) is 0 Å². The molecule has 0 saturated carbocycles. The lowest BCUT2D eigenvalue weighted by Gasteiger charge is -2.08. The highest BCUT2D eigenvalue weighted by Crippen LogP contribution is 2.20. The van der Waals surface area contributed by atoms with Gasteiger partial charge in [-0.2, -0.15) is 0 Å². The zero-order chi connectivity index (χ0) is 18.5. The van der Waals surface area contributed by atoms with Crippen LogP contribution < -0.4 is 10.9 Å². The van der Waals surface area contributed by atoms with Crippen molar-refractivity contribution in [2.75, 3.05) is 5.43 Å². The highest BCUT2D eigenvalue weighted by Gasteiger charge is 2.11. The maximum Gasteiger partial charge on any atom is 0.272 e. The first kappa shape index (κ1) is 17.0.